The Morgan fingerprint density at radius 1 is 0.889 bits per heavy atom. The smallest absolute Gasteiger partial charge is 0.221 e. The quantitative estimate of drug-likeness (QED) is 0.580. The number of nitrogens with two attached hydrogens (primary N) is 1. The minimum Gasteiger partial charge on any atom is -0.507 e. The molecule has 0 atom stereocenters. The molecular weight excluding hydrogens is 338 g/mol. The molecule has 27 heavy (non-hydrogen) atoms. The number of hydrogen-bond acceptors (Lipinski definition) is 5. The van der Waals surface area contributed by atoms with Crippen LogP contribution in [0.1, 0.15) is 11.4 Å². The van der Waals surface area contributed by atoms with Gasteiger partial charge in [-0.1, -0.05) is 30.3 Å². The van der Waals surface area contributed by atoms with Crippen molar-refractivity contribution >= 4 is 5.95 Å². The first-order valence-corrected chi connectivity index (χ1v) is 8.59. The van der Waals surface area contributed by atoms with Gasteiger partial charge in [0.25, 0.3) is 0 Å². The van der Waals surface area contributed by atoms with Crippen molar-refractivity contribution in [2.45, 2.75) is 13.8 Å². The van der Waals surface area contributed by atoms with Crippen molar-refractivity contribution in [3.8, 4) is 34.0 Å². The molecule has 4 aromatic rings. The van der Waals surface area contributed by atoms with E-state index in [0.717, 1.165) is 22.6 Å². The molecule has 0 fully saturated rings. The summed E-state index contributed by atoms with van der Waals surface area (Å²) in [6.07, 6.45) is 0. The molecule has 0 bridgehead atoms. The number of benzene rings is 2. The van der Waals surface area contributed by atoms with Crippen LogP contribution in [0.5, 0.6) is 5.75 Å². The van der Waals surface area contributed by atoms with Crippen LogP contribution < -0.4 is 5.73 Å². The minimum atomic E-state index is 0.148. The topological polar surface area (TPSA) is 89.8 Å². The Morgan fingerprint density at radius 2 is 1.56 bits per heavy atom. The van der Waals surface area contributed by atoms with Crippen LogP contribution in [0.4, 0.5) is 5.95 Å². The maximum Gasteiger partial charge on any atom is 0.221 e. The largest absolute Gasteiger partial charge is 0.507 e. The number of hydrogen-bond donors (Lipinski definition) is 2. The van der Waals surface area contributed by atoms with E-state index in [1.54, 1.807) is 18.2 Å². The number of anilines is 1. The second kappa shape index (κ2) is 6.57. The second-order valence-corrected chi connectivity index (χ2v) is 6.31. The number of phenols is 1. The lowest BCUT2D eigenvalue weighted by atomic mass is 10.1. The molecule has 0 spiro atoms. The van der Waals surface area contributed by atoms with Crippen LogP contribution in [0.2, 0.25) is 0 Å². The van der Waals surface area contributed by atoms with Crippen molar-refractivity contribution in [2.24, 2.45) is 0 Å². The average Bonchev–Trinajstić information content (AvgIpc) is 2.96. The molecule has 4 rings (SSSR count). The van der Waals surface area contributed by atoms with Crippen molar-refractivity contribution in [2.75, 3.05) is 5.73 Å². The monoisotopic (exact) mass is 357 g/mol. The SMILES string of the molecule is Cc1nn(-c2ccccc2)c(C)c1-c1cc(-c2ccccc2O)nc(N)n1. The molecule has 0 aliphatic rings. The summed E-state index contributed by atoms with van der Waals surface area (Å²) < 4.78 is 1.89. The van der Waals surface area contributed by atoms with Gasteiger partial charge < -0.3 is 10.8 Å². The van der Waals surface area contributed by atoms with Gasteiger partial charge in [-0.25, -0.2) is 14.6 Å². The Kier molecular flexibility index (Phi) is 4.08. The number of nitrogen functional groups attached to an aromatic ring is 1. The van der Waals surface area contributed by atoms with Gasteiger partial charge in [0.2, 0.25) is 5.95 Å². The summed E-state index contributed by atoms with van der Waals surface area (Å²) in [6.45, 7) is 3.94. The third-order valence-electron chi connectivity index (χ3n) is 4.47. The Bertz CT molecular complexity index is 1120. The molecule has 6 nitrogen and oxygen atoms in total. The fourth-order valence-corrected chi connectivity index (χ4v) is 3.26. The molecule has 134 valence electrons. The van der Waals surface area contributed by atoms with Crippen LogP contribution in [0.25, 0.3) is 28.2 Å². The highest BCUT2D eigenvalue weighted by Gasteiger charge is 2.18. The number of phenolic OH excluding ortho intramolecular Hbond substituents is 1. The lowest BCUT2D eigenvalue weighted by Gasteiger charge is -2.09. The number of aromatic hydroxyl groups is 1. The highest BCUT2D eigenvalue weighted by atomic mass is 16.3. The summed E-state index contributed by atoms with van der Waals surface area (Å²) in [5.41, 5.74) is 11.5. The standard InChI is InChI=1S/C21H19N5O/c1-13-20(14(2)26(25-13)15-8-4-3-5-9-15)18-12-17(23-21(22)24-18)16-10-6-7-11-19(16)27/h3-12,27H,1-2H3,(H2,22,23,24). The van der Waals surface area contributed by atoms with E-state index in [2.05, 4.69) is 15.1 Å². The lowest BCUT2D eigenvalue weighted by molar-refractivity contribution is 0.477. The first kappa shape index (κ1) is 16.8. The maximum atomic E-state index is 10.2. The van der Waals surface area contributed by atoms with Gasteiger partial charge in [0.15, 0.2) is 0 Å². The number of rotatable bonds is 3. The number of nitrogens with zero attached hydrogens (tertiary/aromatic N) is 4. The summed E-state index contributed by atoms with van der Waals surface area (Å²) in [6, 6.07) is 18.8. The molecule has 0 saturated carbocycles. The molecule has 0 amide bonds. The number of aromatic nitrogens is 4. The first-order chi connectivity index (χ1) is 13.0. The third-order valence-corrected chi connectivity index (χ3v) is 4.47. The summed E-state index contributed by atoms with van der Waals surface area (Å²) in [4.78, 5) is 8.71. The van der Waals surface area contributed by atoms with Crippen molar-refractivity contribution in [3.63, 3.8) is 0 Å². The van der Waals surface area contributed by atoms with Gasteiger partial charge in [-0.15, -0.1) is 0 Å². The fraction of sp³-hybridized carbons (Fsp3) is 0.0952. The molecule has 2 heterocycles. The molecule has 0 unspecified atom stereocenters. The Balaban J connectivity index is 1.88. The average molecular weight is 357 g/mol. The van der Waals surface area contributed by atoms with Gasteiger partial charge in [0, 0.05) is 11.1 Å². The summed E-state index contributed by atoms with van der Waals surface area (Å²) in [7, 11) is 0. The molecular formula is C21H19N5O. The summed E-state index contributed by atoms with van der Waals surface area (Å²) in [5.74, 6) is 0.298. The zero-order valence-electron chi connectivity index (χ0n) is 15.1. The molecule has 2 aromatic heterocycles. The van der Waals surface area contributed by atoms with E-state index in [9.17, 15) is 5.11 Å². The Labute approximate surface area is 157 Å². The predicted octanol–water partition coefficient (Wildman–Crippen LogP) is 3.90. The van der Waals surface area contributed by atoms with E-state index < -0.39 is 0 Å². The number of aryl methyl sites for hydroxylation is 1. The zero-order chi connectivity index (χ0) is 19.0. The normalized spacial score (nSPS) is 10.9. The maximum absolute atomic E-state index is 10.2. The highest BCUT2D eigenvalue weighted by Crippen LogP contribution is 2.33. The van der Waals surface area contributed by atoms with Crippen LogP contribution in [0.3, 0.4) is 0 Å². The van der Waals surface area contributed by atoms with Crippen LogP contribution in [-0.4, -0.2) is 24.9 Å². The third kappa shape index (κ3) is 3.01. The molecule has 0 aliphatic heterocycles. The second-order valence-electron chi connectivity index (χ2n) is 6.31. The van der Waals surface area contributed by atoms with Crippen molar-refractivity contribution in [3.05, 3.63) is 72.1 Å². The lowest BCUT2D eigenvalue weighted by Crippen LogP contribution is -2.01. The zero-order valence-corrected chi connectivity index (χ0v) is 15.1. The van der Waals surface area contributed by atoms with Crippen LogP contribution >= 0.6 is 0 Å². The number of para-hydroxylation sites is 2. The van der Waals surface area contributed by atoms with E-state index >= 15 is 0 Å². The van der Waals surface area contributed by atoms with Gasteiger partial charge in [0.05, 0.1) is 28.5 Å². The van der Waals surface area contributed by atoms with Crippen LogP contribution in [-0.2, 0) is 0 Å². The molecule has 0 radical (unpaired) electrons. The molecule has 2 aromatic carbocycles. The predicted molar refractivity (Wildman–Crippen MR) is 106 cm³/mol. The van der Waals surface area contributed by atoms with Crippen LogP contribution in [0.15, 0.2) is 60.7 Å². The van der Waals surface area contributed by atoms with Gasteiger partial charge >= 0.3 is 0 Å². The van der Waals surface area contributed by atoms with Crippen molar-refractivity contribution in [1.82, 2.24) is 19.7 Å². The van der Waals surface area contributed by atoms with Crippen molar-refractivity contribution in [1.29, 1.82) is 0 Å². The van der Waals surface area contributed by atoms with Gasteiger partial charge in [-0.05, 0) is 44.2 Å². The Hall–Kier alpha value is -3.67. The van der Waals surface area contributed by atoms with Crippen molar-refractivity contribution < 1.29 is 5.11 Å². The van der Waals surface area contributed by atoms with E-state index in [0.29, 0.717) is 17.0 Å². The van der Waals surface area contributed by atoms with Gasteiger partial charge in [-0.3, -0.25) is 0 Å². The first-order valence-electron chi connectivity index (χ1n) is 8.59. The van der Waals surface area contributed by atoms with E-state index in [1.807, 2.05) is 61.0 Å². The molecule has 6 heteroatoms. The van der Waals surface area contributed by atoms with E-state index in [4.69, 9.17) is 5.73 Å². The molecule has 3 N–H and O–H groups in total. The van der Waals surface area contributed by atoms with Gasteiger partial charge in [0.1, 0.15) is 5.75 Å². The summed E-state index contributed by atoms with van der Waals surface area (Å²) >= 11 is 0. The summed E-state index contributed by atoms with van der Waals surface area (Å²) in [5, 5.41) is 14.8. The van der Waals surface area contributed by atoms with Crippen LogP contribution in [0, 0.1) is 13.8 Å². The molecule has 0 saturated heterocycles. The van der Waals surface area contributed by atoms with E-state index in [-0.39, 0.29) is 11.7 Å². The van der Waals surface area contributed by atoms with Gasteiger partial charge in [-0.2, -0.15) is 5.10 Å². The van der Waals surface area contributed by atoms with E-state index in [1.165, 1.54) is 0 Å². The minimum absolute atomic E-state index is 0.148. The highest BCUT2D eigenvalue weighted by molar-refractivity contribution is 5.74. The Morgan fingerprint density at radius 3 is 2.30 bits per heavy atom. The fourth-order valence-electron chi connectivity index (χ4n) is 3.26. The molecule has 0 aliphatic carbocycles.